The van der Waals surface area contributed by atoms with Crippen LogP contribution in [-0.4, -0.2) is 27.7 Å². The van der Waals surface area contributed by atoms with Crippen LogP contribution in [0.5, 0.6) is 0 Å². The van der Waals surface area contributed by atoms with E-state index in [2.05, 4.69) is 21.4 Å². The molecule has 0 saturated carbocycles. The largest absolute Gasteiger partial charge is 0.476 e. The van der Waals surface area contributed by atoms with Crippen LogP contribution in [0, 0.1) is 12.3 Å². The van der Waals surface area contributed by atoms with Crippen LogP contribution in [0.4, 0.5) is 5.82 Å². The van der Waals surface area contributed by atoms with Crippen molar-refractivity contribution in [3.05, 3.63) is 18.1 Å². The number of nitrogens with zero attached hydrogens (tertiary/aromatic N) is 2. The Hall–Kier alpha value is -2.13. The molecule has 72 valence electrons. The second kappa shape index (κ2) is 4.79. The van der Waals surface area contributed by atoms with Gasteiger partial charge in [0.05, 0.1) is 12.4 Å². The molecule has 1 aromatic rings. The summed E-state index contributed by atoms with van der Waals surface area (Å²) in [6.07, 6.45) is 7.38. The molecule has 0 aliphatic carbocycles. The Morgan fingerprint density at radius 2 is 2.50 bits per heavy atom. The summed E-state index contributed by atoms with van der Waals surface area (Å²) in [6.45, 7) is 0.0545. The molecule has 0 unspecified atom stereocenters. The molecule has 2 N–H and O–H groups in total. The van der Waals surface area contributed by atoms with Gasteiger partial charge in [-0.1, -0.05) is 5.92 Å². The highest BCUT2D eigenvalue weighted by Gasteiger charge is 2.05. The van der Waals surface area contributed by atoms with Gasteiger partial charge in [-0.2, -0.15) is 0 Å². The zero-order chi connectivity index (χ0) is 10.4. The van der Waals surface area contributed by atoms with Crippen LogP contribution in [0.1, 0.15) is 10.5 Å². The molecule has 0 atom stereocenters. The summed E-state index contributed by atoms with van der Waals surface area (Å²) in [5, 5.41) is 8.58. The van der Waals surface area contributed by atoms with E-state index in [9.17, 15) is 4.79 Å². The van der Waals surface area contributed by atoms with Gasteiger partial charge in [0.1, 0.15) is 6.61 Å². The van der Waals surface area contributed by atoms with E-state index in [-0.39, 0.29) is 18.1 Å². The van der Waals surface area contributed by atoms with Crippen LogP contribution < -0.4 is 5.48 Å². The van der Waals surface area contributed by atoms with Crippen LogP contribution in [0.15, 0.2) is 12.4 Å². The first kappa shape index (κ1) is 9.95. The number of terminal acetylenes is 1. The average molecular weight is 193 g/mol. The lowest BCUT2D eigenvalue weighted by molar-refractivity contribution is 0.0690. The third-order valence-corrected chi connectivity index (χ3v) is 1.19. The first-order valence-electron chi connectivity index (χ1n) is 3.60. The van der Waals surface area contributed by atoms with Crippen molar-refractivity contribution in [3.63, 3.8) is 0 Å². The van der Waals surface area contributed by atoms with E-state index >= 15 is 0 Å². The lowest BCUT2D eigenvalue weighted by Crippen LogP contribution is -2.07. The number of carbonyl (C=O) groups is 1. The summed E-state index contributed by atoms with van der Waals surface area (Å²) < 4.78 is 0. The monoisotopic (exact) mass is 193 g/mol. The molecule has 14 heavy (non-hydrogen) atoms. The minimum absolute atomic E-state index is 0.0545. The number of nitrogens with one attached hydrogen (secondary N) is 1. The first-order chi connectivity index (χ1) is 6.74. The third-order valence-electron chi connectivity index (χ3n) is 1.19. The molecule has 6 nitrogen and oxygen atoms in total. The number of hydrogen-bond acceptors (Lipinski definition) is 5. The van der Waals surface area contributed by atoms with Crippen molar-refractivity contribution < 1.29 is 14.7 Å². The molecule has 0 aromatic carbocycles. The van der Waals surface area contributed by atoms with E-state index in [1.807, 2.05) is 0 Å². The molecule has 0 aliphatic heterocycles. The van der Waals surface area contributed by atoms with Crippen LogP contribution in [0.2, 0.25) is 0 Å². The lowest BCUT2D eigenvalue weighted by Gasteiger charge is -2.02. The molecule has 0 amide bonds. The topological polar surface area (TPSA) is 84.3 Å². The van der Waals surface area contributed by atoms with Gasteiger partial charge in [-0.05, 0) is 0 Å². The average Bonchev–Trinajstić information content (AvgIpc) is 2.19. The Bertz CT molecular complexity index is 372. The minimum atomic E-state index is -1.15. The van der Waals surface area contributed by atoms with Crippen molar-refractivity contribution in [1.29, 1.82) is 0 Å². The number of hydrogen-bond donors (Lipinski definition) is 2. The second-order valence-corrected chi connectivity index (χ2v) is 2.19. The molecular formula is C8H7N3O3. The lowest BCUT2D eigenvalue weighted by atomic mass is 10.4. The van der Waals surface area contributed by atoms with Crippen molar-refractivity contribution >= 4 is 11.8 Å². The highest BCUT2D eigenvalue weighted by Crippen LogP contribution is 2.01. The van der Waals surface area contributed by atoms with Gasteiger partial charge in [0.15, 0.2) is 11.5 Å². The Labute approximate surface area is 79.9 Å². The third kappa shape index (κ3) is 2.73. The molecule has 0 radical (unpaired) electrons. The quantitative estimate of drug-likeness (QED) is 0.402. The maximum Gasteiger partial charge on any atom is 0.356 e. The van der Waals surface area contributed by atoms with Crippen molar-refractivity contribution in [2.24, 2.45) is 0 Å². The normalized spacial score (nSPS) is 9.07. The number of rotatable bonds is 4. The Morgan fingerprint density at radius 1 is 1.71 bits per heavy atom. The fourth-order valence-corrected chi connectivity index (χ4v) is 0.670. The summed E-state index contributed by atoms with van der Waals surface area (Å²) in [4.78, 5) is 22.5. The number of carboxylic acids is 1. The maximum absolute atomic E-state index is 10.5. The second-order valence-electron chi connectivity index (χ2n) is 2.19. The summed E-state index contributed by atoms with van der Waals surface area (Å²) in [5.74, 6) is 1.27. The van der Waals surface area contributed by atoms with Crippen LogP contribution in [0.3, 0.4) is 0 Å². The van der Waals surface area contributed by atoms with Crippen LogP contribution in [-0.2, 0) is 4.84 Å². The molecule has 0 fully saturated rings. The smallest absolute Gasteiger partial charge is 0.356 e. The first-order valence-corrected chi connectivity index (χ1v) is 3.60. The molecule has 0 spiro atoms. The summed E-state index contributed by atoms with van der Waals surface area (Å²) >= 11 is 0. The Balaban J connectivity index is 2.65. The van der Waals surface area contributed by atoms with Gasteiger partial charge >= 0.3 is 5.97 Å². The number of anilines is 1. The van der Waals surface area contributed by atoms with E-state index in [1.165, 1.54) is 6.20 Å². The van der Waals surface area contributed by atoms with Crippen LogP contribution >= 0.6 is 0 Å². The van der Waals surface area contributed by atoms with Gasteiger partial charge in [-0.15, -0.1) is 6.42 Å². The summed E-state index contributed by atoms with van der Waals surface area (Å²) in [7, 11) is 0. The van der Waals surface area contributed by atoms with E-state index < -0.39 is 5.97 Å². The van der Waals surface area contributed by atoms with E-state index in [4.69, 9.17) is 16.4 Å². The van der Waals surface area contributed by atoms with E-state index in [1.54, 1.807) is 0 Å². The zero-order valence-electron chi connectivity index (χ0n) is 7.10. The molecule has 1 rings (SSSR count). The van der Waals surface area contributed by atoms with E-state index in [0.717, 1.165) is 6.20 Å². The van der Waals surface area contributed by atoms with Crippen molar-refractivity contribution in [3.8, 4) is 12.3 Å². The Morgan fingerprint density at radius 3 is 3.14 bits per heavy atom. The zero-order valence-corrected chi connectivity index (χ0v) is 7.10. The van der Waals surface area contributed by atoms with Gasteiger partial charge in [0, 0.05) is 0 Å². The minimum Gasteiger partial charge on any atom is -0.476 e. The summed E-state index contributed by atoms with van der Waals surface area (Å²) in [6, 6.07) is 0. The van der Waals surface area contributed by atoms with Gasteiger partial charge in [-0.25, -0.2) is 15.3 Å². The number of aromatic carboxylic acids is 1. The van der Waals surface area contributed by atoms with Gasteiger partial charge in [0.25, 0.3) is 0 Å². The molecule has 6 heteroatoms. The fourth-order valence-electron chi connectivity index (χ4n) is 0.670. The van der Waals surface area contributed by atoms with Crippen molar-refractivity contribution in [1.82, 2.24) is 9.97 Å². The predicted octanol–water partition coefficient (Wildman–Crippen LogP) is 0.151. The maximum atomic E-state index is 10.5. The molecule has 0 saturated heterocycles. The van der Waals surface area contributed by atoms with Gasteiger partial charge in [-0.3, -0.25) is 9.82 Å². The molecule has 1 aromatic heterocycles. The molecule has 0 bridgehead atoms. The van der Waals surface area contributed by atoms with Gasteiger partial charge in [0.2, 0.25) is 0 Å². The molecule has 0 aliphatic rings. The van der Waals surface area contributed by atoms with Crippen molar-refractivity contribution in [2.45, 2.75) is 0 Å². The SMILES string of the molecule is C#CCONc1cncc(C(=O)O)n1. The Kier molecular flexibility index (Phi) is 3.41. The number of aromatic nitrogens is 2. The van der Waals surface area contributed by atoms with Gasteiger partial charge < -0.3 is 5.11 Å². The highest BCUT2D eigenvalue weighted by molar-refractivity contribution is 5.85. The van der Waals surface area contributed by atoms with Crippen molar-refractivity contribution in [2.75, 3.05) is 12.1 Å². The summed E-state index contributed by atoms with van der Waals surface area (Å²) in [5.41, 5.74) is 2.19. The number of carboxylic acid groups (broad SMARTS) is 1. The fraction of sp³-hybridized carbons (Fsp3) is 0.125. The highest BCUT2D eigenvalue weighted by atomic mass is 16.6. The van der Waals surface area contributed by atoms with E-state index in [0.29, 0.717) is 0 Å². The molecule has 1 heterocycles. The standard InChI is InChI=1S/C8H7N3O3/c1-2-3-14-11-7-5-9-4-6(10-7)8(12)13/h1,4-5H,3H2,(H,10,11)(H,12,13). The molecular weight excluding hydrogens is 186 g/mol. The van der Waals surface area contributed by atoms with Crippen LogP contribution in [0.25, 0.3) is 0 Å². The predicted molar refractivity (Wildman–Crippen MR) is 47.4 cm³/mol.